The molecule has 2 aromatic carbocycles. The van der Waals surface area contributed by atoms with Crippen molar-refractivity contribution in [3.63, 3.8) is 0 Å². The number of carbonyl (C=O) groups excluding carboxylic acids is 2. The summed E-state index contributed by atoms with van der Waals surface area (Å²) in [4.78, 5) is 29.0. The van der Waals surface area contributed by atoms with Crippen LogP contribution in [0.5, 0.6) is 0 Å². The first kappa shape index (κ1) is 19.5. The number of nitrogens with zero attached hydrogens (tertiary/aromatic N) is 2. The normalized spacial score (nSPS) is 13.9. The quantitative estimate of drug-likeness (QED) is 0.620. The Labute approximate surface area is 185 Å². The molecular formula is C27H18N3O2. The zero-order chi connectivity index (χ0) is 21.9. The number of hydrogen-bond acceptors (Lipinski definition) is 3. The first-order valence-corrected chi connectivity index (χ1v) is 10.3. The van der Waals surface area contributed by atoms with Crippen molar-refractivity contribution in [3.8, 4) is 11.8 Å². The van der Waals surface area contributed by atoms with Crippen LogP contribution in [-0.2, 0) is 4.79 Å². The highest BCUT2D eigenvalue weighted by atomic mass is 16.2. The van der Waals surface area contributed by atoms with Crippen molar-refractivity contribution >= 4 is 28.9 Å². The number of amides is 2. The van der Waals surface area contributed by atoms with Gasteiger partial charge in [0.25, 0.3) is 11.8 Å². The minimum Gasteiger partial charge on any atom is -0.322 e. The van der Waals surface area contributed by atoms with Crippen LogP contribution in [0, 0.1) is 11.8 Å². The lowest BCUT2D eigenvalue weighted by molar-refractivity contribution is -0.116. The Morgan fingerprint density at radius 1 is 1.00 bits per heavy atom. The lowest BCUT2D eigenvalue weighted by Crippen LogP contribution is -2.22. The van der Waals surface area contributed by atoms with Crippen LogP contribution in [0.15, 0.2) is 84.6 Å². The molecule has 1 radical (unpaired) electrons. The third-order valence-corrected chi connectivity index (χ3v) is 5.33. The Balaban J connectivity index is 1.45. The summed E-state index contributed by atoms with van der Waals surface area (Å²) in [6, 6.07) is 18.3. The monoisotopic (exact) mass is 416 g/mol. The standard InChI is InChI=1S/C27H18N3O2/c31-26(20-8-2-1-3-9-20)29-21-10-6-7-18(17-21)13-14-19-15-16-28-25-24(19)22-11-4-5-12-23(22)27(32)30-25/h1-4,6-11,15-17H,5,12H2,(H,29,31). The summed E-state index contributed by atoms with van der Waals surface area (Å²) in [6.07, 6.45) is 7.16. The van der Waals surface area contributed by atoms with Gasteiger partial charge >= 0.3 is 0 Å². The van der Waals surface area contributed by atoms with E-state index in [2.05, 4.69) is 33.5 Å². The van der Waals surface area contributed by atoms with Crippen LogP contribution in [0.1, 0.15) is 39.9 Å². The second kappa shape index (κ2) is 8.37. The number of anilines is 1. The first-order valence-electron chi connectivity index (χ1n) is 10.3. The SMILES string of the molecule is O=C1[N]c2nccc(C#Cc3cccc(NC(=O)c4ccccc4)c3)c2C2=C1CCC=C2. The van der Waals surface area contributed by atoms with Crippen molar-refractivity contribution in [1.29, 1.82) is 0 Å². The van der Waals surface area contributed by atoms with E-state index in [9.17, 15) is 9.59 Å². The molecule has 2 amide bonds. The van der Waals surface area contributed by atoms with E-state index in [1.54, 1.807) is 18.3 Å². The third kappa shape index (κ3) is 3.82. The number of nitrogens with one attached hydrogen (secondary N) is 1. The lowest BCUT2D eigenvalue weighted by atomic mass is 9.87. The van der Waals surface area contributed by atoms with Gasteiger partial charge in [-0.05, 0) is 54.8 Å². The van der Waals surface area contributed by atoms with Crippen molar-refractivity contribution in [2.75, 3.05) is 5.32 Å². The molecule has 2 aliphatic rings. The molecule has 153 valence electrons. The molecule has 0 fully saturated rings. The van der Waals surface area contributed by atoms with Crippen molar-refractivity contribution in [2.24, 2.45) is 0 Å². The predicted octanol–water partition coefficient (Wildman–Crippen LogP) is 4.61. The van der Waals surface area contributed by atoms with Gasteiger partial charge in [0, 0.05) is 39.7 Å². The fourth-order valence-electron chi connectivity index (χ4n) is 3.80. The van der Waals surface area contributed by atoms with E-state index < -0.39 is 0 Å². The van der Waals surface area contributed by atoms with Crippen molar-refractivity contribution in [1.82, 2.24) is 10.3 Å². The topological polar surface area (TPSA) is 73.2 Å². The molecule has 0 spiro atoms. The average Bonchev–Trinajstić information content (AvgIpc) is 2.83. The molecule has 5 nitrogen and oxygen atoms in total. The minimum atomic E-state index is -0.212. The molecule has 1 N–H and O–H groups in total. The number of benzene rings is 2. The number of carbonyl (C=O) groups is 2. The van der Waals surface area contributed by atoms with Gasteiger partial charge in [-0.25, -0.2) is 4.98 Å². The Hall–Kier alpha value is -4.43. The van der Waals surface area contributed by atoms with Crippen molar-refractivity contribution < 1.29 is 9.59 Å². The molecule has 2 heterocycles. The Bertz CT molecular complexity index is 1360. The van der Waals surface area contributed by atoms with Gasteiger partial charge in [0.2, 0.25) is 0 Å². The zero-order valence-electron chi connectivity index (χ0n) is 17.1. The number of allylic oxidation sites excluding steroid dienone is 3. The maximum absolute atomic E-state index is 12.4. The van der Waals surface area contributed by atoms with Crippen LogP contribution < -0.4 is 10.6 Å². The molecule has 1 aliphatic heterocycles. The highest BCUT2D eigenvalue weighted by Crippen LogP contribution is 2.37. The van der Waals surface area contributed by atoms with Gasteiger partial charge in [0.1, 0.15) is 0 Å². The highest BCUT2D eigenvalue weighted by Gasteiger charge is 2.28. The molecule has 32 heavy (non-hydrogen) atoms. The average molecular weight is 416 g/mol. The summed E-state index contributed by atoms with van der Waals surface area (Å²) in [7, 11) is 0. The van der Waals surface area contributed by atoms with Crippen LogP contribution in [-0.4, -0.2) is 16.8 Å². The maximum atomic E-state index is 12.4. The summed E-state index contributed by atoms with van der Waals surface area (Å²) in [6.45, 7) is 0. The molecule has 5 heteroatoms. The van der Waals surface area contributed by atoms with E-state index in [4.69, 9.17) is 0 Å². The van der Waals surface area contributed by atoms with Gasteiger partial charge in [0.15, 0.2) is 5.82 Å². The summed E-state index contributed by atoms with van der Waals surface area (Å²) in [5.74, 6) is 6.40. The molecular weight excluding hydrogens is 398 g/mol. The number of fused-ring (bicyclic) bond motifs is 2. The van der Waals surface area contributed by atoms with Crippen LogP contribution in [0.3, 0.4) is 0 Å². The van der Waals surface area contributed by atoms with E-state index in [-0.39, 0.29) is 11.8 Å². The number of pyridine rings is 1. The van der Waals surface area contributed by atoms with E-state index in [0.717, 1.165) is 34.3 Å². The van der Waals surface area contributed by atoms with E-state index in [0.29, 0.717) is 23.5 Å². The van der Waals surface area contributed by atoms with Gasteiger partial charge < -0.3 is 5.32 Å². The molecule has 3 aromatic rings. The largest absolute Gasteiger partial charge is 0.322 e. The van der Waals surface area contributed by atoms with Gasteiger partial charge in [-0.2, -0.15) is 5.32 Å². The van der Waals surface area contributed by atoms with E-state index in [1.807, 2.05) is 54.6 Å². The van der Waals surface area contributed by atoms with Crippen LogP contribution in [0.4, 0.5) is 11.5 Å². The van der Waals surface area contributed by atoms with Crippen LogP contribution in [0.25, 0.3) is 5.57 Å². The second-order valence-corrected chi connectivity index (χ2v) is 7.46. The third-order valence-electron chi connectivity index (χ3n) is 5.33. The second-order valence-electron chi connectivity index (χ2n) is 7.46. The van der Waals surface area contributed by atoms with Gasteiger partial charge in [-0.3, -0.25) is 9.59 Å². The molecule has 0 saturated carbocycles. The number of aromatic nitrogens is 1. The first-order chi connectivity index (χ1) is 15.7. The summed E-state index contributed by atoms with van der Waals surface area (Å²) < 4.78 is 0. The fraction of sp³-hybridized carbons (Fsp3) is 0.0741. The summed E-state index contributed by atoms with van der Waals surface area (Å²) in [5.41, 5.74) is 5.19. The highest BCUT2D eigenvalue weighted by molar-refractivity contribution is 6.10. The van der Waals surface area contributed by atoms with E-state index >= 15 is 0 Å². The molecule has 5 rings (SSSR count). The Morgan fingerprint density at radius 3 is 2.75 bits per heavy atom. The van der Waals surface area contributed by atoms with Gasteiger partial charge in [-0.15, -0.1) is 0 Å². The molecule has 0 atom stereocenters. The zero-order valence-corrected chi connectivity index (χ0v) is 17.1. The lowest BCUT2D eigenvalue weighted by Gasteiger charge is -2.22. The maximum Gasteiger partial charge on any atom is 0.275 e. The summed E-state index contributed by atoms with van der Waals surface area (Å²) >= 11 is 0. The van der Waals surface area contributed by atoms with Crippen LogP contribution in [0.2, 0.25) is 0 Å². The Kier molecular flexibility index (Phi) is 5.11. The van der Waals surface area contributed by atoms with E-state index in [1.165, 1.54) is 0 Å². The molecule has 0 saturated heterocycles. The smallest absolute Gasteiger partial charge is 0.275 e. The Morgan fingerprint density at radius 2 is 1.88 bits per heavy atom. The summed E-state index contributed by atoms with van der Waals surface area (Å²) in [5, 5.41) is 7.07. The molecule has 1 aromatic heterocycles. The molecule has 0 bridgehead atoms. The molecule has 0 unspecified atom stereocenters. The predicted molar refractivity (Wildman–Crippen MR) is 123 cm³/mol. The van der Waals surface area contributed by atoms with Crippen molar-refractivity contribution in [2.45, 2.75) is 12.8 Å². The van der Waals surface area contributed by atoms with Crippen LogP contribution >= 0.6 is 0 Å². The molecule has 1 aliphatic carbocycles. The van der Waals surface area contributed by atoms with Crippen molar-refractivity contribution in [3.05, 3.63) is 107 Å². The van der Waals surface area contributed by atoms with Gasteiger partial charge in [-0.1, -0.05) is 48.3 Å². The number of hydrogen-bond donors (Lipinski definition) is 1. The van der Waals surface area contributed by atoms with Gasteiger partial charge in [0.05, 0.1) is 0 Å². The minimum absolute atomic E-state index is 0.172. The number of rotatable bonds is 2. The fourth-order valence-corrected chi connectivity index (χ4v) is 3.80.